The lowest BCUT2D eigenvalue weighted by Gasteiger charge is -2.29. The number of fused-ring (bicyclic) bond motifs is 1. The zero-order valence-electron chi connectivity index (χ0n) is 10.6. The van der Waals surface area contributed by atoms with Crippen molar-refractivity contribution in [1.29, 1.82) is 0 Å². The Morgan fingerprint density at radius 3 is 3.00 bits per heavy atom. The van der Waals surface area contributed by atoms with Crippen LogP contribution in [0.2, 0.25) is 0 Å². The number of hydrogen-bond acceptors (Lipinski definition) is 6. The molecule has 1 aliphatic rings. The second-order valence-corrected chi connectivity index (χ2v) is 7.22. The van der Waals surface area contributed by atoms with E-state index in [1.54, 1.807) is 18.2 Å². The van der Waals surface area contributed by atoms with E-state index in [0.717, 1.165) is 24.4 Å². The zero-order chi connectivity index (χ0) is 14.2. The van der Waals surface area contributed by atoms with E-state index in [1.165, 1.54) is 4.31 Å². The Morgan fingerprint density at radius 2 is 2.20 bits per heavy atom. The Labute approximate surface area is 120 Å². The van der Waals surface area contributed by atoms with Gasteiger partial charge in [0, 0.05) is 19.0 Å². The first-order chi connectivity index (χ1) is 9.63. The van der Waals surface area contributed by atoms with Crippen molar-refractivity contribution in [3.8, 4) is 0 Å². The molecule has 6 nitrogen and oxygen atoms in total. The maximum absolute atomic E-state index is 12.7. The predicted molar refractivity (Wildman–Crippen MR) is 75.0 cm³/mol. The molecule has 2 heterocycles. The SMILES string of the molecule is O=CC1CCCN(S(=O)(=O)c2cccc3nsnc23)C1. The average Bonchev–Trinajstić information content (AvgIpc) is 2.95. The monoisotopic (exact) mass is 311 g/mol. The van der Waals surface area contributed by atoms with E-state index in [0.29, 0.717) is 24.0 Å². The van der Waals surface area contributed by atoms with Gasteiger partial charge in [-0.2, -0.15) is 13.1 Å². The molecule has 20 heavy (non-hydrogen) atoms. The number of nitrogens with zero attached hydrogens (tertiary/aromatic N) is 3. The van der Waals surface area contributed by atoms with Gasteiger partial charge in [-0.3, -0.25) is 0 Å². The number of benzene rings is 1. The highest BCUT2D eigenvalue weighted by atomic mass is 32.2. The maximum Gasteiger partial charge on any atom is 0.245 e. The summed E-state index contributed by atoms with van der Waals surface area (Å²) in [7, 11) is -3.62. The summed E-state index contributed by atoms with van der Waals surface area (Å²) in [5.74, 6) is -0.216. The zero-order valence-corrected chi connectivity index (χ0v) is 12.2. The van der Waals surface area contributed by atoms with Crippen LogP contribution in [-0.2, 0) is 14.8 Å². The van der Waals surface area contributed by atoms with Crippen LogP contribution in [0, 0.1) is 5.92 Å². The molecule has 0 amide bonds. The van der Waals surface area contributed by atoms with E-state index in [4.69, 9.17) is 0 Å². The summed E-state index contributed by atoms with van der Waals surface area (Å²) >= 11 is 0.996. The van der Waals surface area contributed by atoms with E-state index in [2.05, 4.69) is 8.75 Å². The number of carbonyl (C=O) groups excluding carboxylic acids is 1. The average molecular weight is 311 g/mol. The second kappa shape index (κ2) is 5.19. The van der Waals surface area contributed by atoms with Crippen LogP contribution in [0.15, 0.2) is 23.1 Å². The van der Waals surface area contributed by atoms with Crippen LogP contribution in [0.3, 0.4) is 0 Å². The molecule has 3 rings (SSSR count). The maximum atomic E-state index is 12.7. The highest BCUT2D eigenvalue weighted by Gasteiger charge is 2.31. The Hall–Kier alpha value is -1.38. The number of aldehydes is 1. The molecule has 1 saturated heterocycles. The quantitative estimate of drug-likeness (QED) is 0.798. The molecule has 0 spiro atoms. The fraction of sp³-hybridized carbons (Fsp3) is 0.417. The molecule has 0 radical (unpaired) electrons. The second-order valence-electron chi connectivity index (χ2n) is 4.79. The van der Waals surface area contributed by atoms with Gasteiger partial charge in [-0.25, -0.2) is 8.42 Å². The molecule has 1 atom stereocenters. The van der Waals surface area contributed by atoms with Gasteiger partial charge in [0.2, 0.25) is 10.0 Å². The molecule has 1 aliphatic heterocycles. The molecule has 0 bridgehead atoms. The first kappa shape index (κ1) is 13.6. The normalized spacial score (nSPS) is 21.1. The van der Waals surface area contributed by atoms with Gasteiger partial charge < -0.3 is 4.79 Å². The Bertz CT molecular complexity index is 741. The van der Waals surface area contributed by atoms with Crippen molar-refractivity contribution in [2.45, 2.75) is 17.7 Å². The summed E-state index contributed by atoms with van der Waals surface area (Å²) in [6.07, 6.45) is 2.29. The van der Waals surface area contributed by atoms with Crippen LogP contribution in [0.5, 0.6) is 0 Å². The largest absolute Gasteiger partial charge is 0.303 e. The van der Waals surface area contributed by atoms with E-state index < -0.39 is 10.0 Å². The van der Waals surface area contributed by atoms with Crippen LogP contribution in [0.4, 0.5) is 0 Å². The third-order valence-corrected chi connectivity index (χ3v) is 5.92. The Kier molecular flexibility index (Phi) is 3.53. The molecule has 0 aliphatic carbocycles. The molecule has 0 saturated carbocycles. The third-order valence-electron chi connectivity index (χ3n) is 3.48. The van der Waals surface area contributed by atoms with Gasteiger partial charge in [0.15, 0.2) is 0 Å². The summed E-state index contributed by atoms with van der Waals surface area (Å²) in [6.45, 7) is 0.695. The number of hydrogen-bond donors (Lipinski definition) is 0. The molecule has 1 aromatic carbocycles. The lowest BCUT2D eigenvalue weighted by Crippen LogP contribution is -2.40. The van der Waals surface area contributed by atoms with E-state index in [1.807, 2.05) is 0 Å². The van der Waals surface area contributed by atoms with Gasteiger partial charge in [0.1, 0.15) is 22.2 Å². The van der Waals surface area contributed by atoms with Gasteiger partial charge >= 0.3 is 0 Å². The van der Waals surface area contributed by atoms with Crippen molar-refractivity contribution < 1.29 is 13.2 Å². The van der Waals surface area contributed by atoms with Crippen LogP contribution < -0.4 is 0 Å². The fourth-order valence-electron chi connectivity index (χ4n) is 2.43. The van der Waals surface area contributed by atoms with E-state index in [-0.39, 0.29) is 17.4 Å². The minimum atomic E-state index is -3.62. The molecule has 1 unspecified atom stereocenters. The van der Waals surface area contributed by atoms with Crippen LogP contribution in [0.25, 0.3) is 11.0 Å². The minimum absolute atomic E-state index is 0.176. The lowest BCUT2D eigenvalue weighted by molar-refractivity contribution is -0.112. The van der Waals surface area contributed by atoms with Gasteiger partial charge in [-0.1, -0.05) is 6.07 Å². The molecular weight excluding hydrogens is 298 g/mol. The van der Waals surface area contributed by atoms with Crippen molar-refractivity contribution in [3.63, 3.8) is 0 Å². The summed E-state index contributed by atoms with van der Waals surface area (Å²) in [4.78, 5) is 11.1. The molecule has 106 valence electrons. The molecular formula is C12H13N3O3S2. The number of piperidine rings is 1. The highest BCUT2D eigenvalue weighted by molar-refractivity contribution is 7.89. The lowest BCUT2D eigenvalue weighted by atomic mass is 10.0. The number of carbonyl (C=O) groups is 1. The van der Waals surface area contributed by atoms with Gasteiger partial charge in [0.05, 0.1) is 11.7 Å². The molecule has 1 fully saturated rings. The van der Waals surface area contributed by atoms with Gasteiger partial charge in [-0.15, -0.1) is 0 Å². The van der Waals surface area contributed by atoms with Crippen LogP contribution in [-0.4, -0.2) is 40.8 Å². The first-order valence-electron chi connectivity index (χ1n) is 6.29. The Balaban J connectivity index is 2.03. The van der Waals surface area contributed by atoms with E-state index in [9.17, 15) is 13.2 Å². The Morgan fingerprint density at radius 1 is 1.35 bits per heavy atom. The van der Waals surface area contributed by atoms with E-state index >= 15 is 0 Å². The van der Waals surface area contributed by atoms with Gasteiger partial charge in [-0.05, 0) is 25.0 Å². The standard InChI is InChI=1S/C12H13N3O3S2/c16-8-9-3-2-6-15(7-9)20(17,18)11-5-1-4-10-12(11)14-19-13-10/h1,4-5,8-9H,2-3,6-7H2. The van der Waals surface area contributed by atoms with Crippen LogP contribution in [0.1, 0.15) is 12.8 Å². The smallest absolute Gasteiger partial charge is 0.245 e. The first-order valence-corrected chi connectivity index (χ1v) is 8.46. The summed E-state index contributed by atoms with van der Waals surface area (Å²) < 4.78 is 34.9. The van der Waals surface area contributed by atoms with Gasteiger partial charge in [0.25, 0.3) is 0 Å². The number of aromatic nitrogens is 2. The molecule has 0 N–H and O–H groups in total. The fourth-order valence-corrected chi connectivity index (χ4v) is 4.72. The van der Waals surface area contributed by atoms with Crippen molar-refractivity contribution in [2.24, 2.45) is 5.92 Å². The van der Waals surface area contributed by atoms with Crippen molar-refractivity contribution in [2.75, 3.05) is 13.1 Å². The minimum Gasteiger partial charge on any atom is -0.303 e. The predicted octanol–water partition coefficient (Wildman–Crippen LogP) is 1.29. The molecule has 2 aromatic rings. The molecule has 8 heteroatoms. The highest BCUT2D eigenvalue weighted by Crippen LogP contribution is 2.27. The molecule has 1 aromatic heterocycles. The summed E-state index contributed by atoms with van der Waals surface area (Å²) in [6, 6.07) is 4.95. The summed E-state index contributed by atoms with van der Waals surface area (Å²) in [5.41, 5.74) is 0.991. The third kappa shape index (κ3) is 2.23. The van der Waals surface area contributed by atoms with Crippen LogP contribution >= 0.6 is 11.7 Å². The topological polar surface area (TPSA) is 80.2 Å². The number of sulfonamides is 1. The van der Waals surface area contributed by atoms with Crippen molar-refractivity contribution in [1.82, 2.24) is 13.1 Å². The van der Waals surface area contributed by atoms with Crippen molar-refractivity contribution in [3.05, 3.63) is 18.2 Å². The number of rotatable bonds is 3. The van der Waals surface area contributed by atoms with Crippen molar-refractivity contribution >= 4 is 39.1 Å². The summed E-state index contributed by atoms with van der Waals surface area (Å²) in [5, 5.41) is 0.